The molecule has 0 aliphatic rings. The molecule has 170 valence electrons. The number of nitrogens with one attached hydrogen (secondary N) is 1. The van der Waals surface area contributed by atoms with Crippen LogP contribution in [0.25, 0.3) is 21.6 Å². The minimum Gasteiger partial charge on any atom is -0.339 e. The highest BCUT2D eigenvalue weighted by Gasteiger charge is 2.18. The highest BCUT2D eigenvalue weighted by Crippen LogP contribution is 2.21. The van der Waals surface area contributed by atoms with E-state index in [1.165, 1.54) is 11.3 Å². The van der Waals surface area contributed by atoms with Gasteiger partial charge in [0, 0.05) is 19.4 Å². The van der Waals surface area contributed by atoms with Crippen molar-refractivity contribution in [1.82, 2.24) is 25.0 Å². The van der Waals surface area contributed by atoms with Gasteiger partial charge in [-0.3, -0.25) is 9.59 Å². The van der Waals surface area contributed by atoms with Crippen LogP contribution in [0.15, 0.2) is 81.4 Å². The third-order valence-corrected chi connectivity index (χ3v) is 6.20. The highest BCUT2D eigenvalue weighted by molar-refractivity contribution is 7.13. The smallest absolute Gasteiger partial charge is 0.258 e. The first-order chi connectivity index (χ1) is 16.7. The fourth-order valence-corrected chi connectivity index (χ4v) is 4.31. The average Bonchev–Trinajstić information content (AvgIpc) is 3.55. The van der Waals surface area contributed by atoms with E-state index in [1.807, 2.05) is 53.9 Å². The zero-order valence-electron chi connectivity index (χ0n) is 18.2. The summed E-state index contributed by atoms with van der Waals surface area (Å²) < 4.78 is 5.33. The van der Waals surface area contributed by atoms with Gasteiger partial charge in [-0.25, -0.2) is 4.98 Å². The van der Waals surface area contributed by atoms with E-state index in [0.29, 0.717) is 41.4 Å². The molecular weight excluding hydrogens is 450 g/mol. The van der Waals surface area contributed by atoms with Gasteiger partial charge in [-0.2, -0.15) is 4.98 Å². The van der Waals surface area contributed by atoms with Gasteiger partial charge in [-0.15, -0.1) is 11.3 Å². The Hall–Kier alpha value is -4.11. The summed E-state index contributed by atoms with van der Waals surface area (Å²) in [5.41, 5.74) is 1.36. The largest absolute Gasteiger partial charge is 0.339 e. The molecular formula is C25H21N5O3S. The van der Waals surface area contributed by atoms with Crippen LogP contribution in [-0.4, -0.2) is 30.9 Å². The number of fused-ring (bicyclic) bond motifs is 1. The Balaban J connectivity index is 1.34. The maximum atomic E-state index is 13.2. The molecule has 3 heterocycles. The lowest BCUT2D eigenvalue weighted by Crippen LogP contribution is -2.32. The van der Waals surface area contributed by atoms with Gasteiger partial charge < -0.3 is 14.4 Å². The Kier molecular flexibility index (Phi) is 6.26. The maximum Gasteiger partial charge on any atom is 0.258 e. The van der Waals surface area contributed by atoms with Gasteiger partial charge in [0.15, 0.2) is 0 Å². The Morgan fingerprint density at radius 3 is 2.62 bits per heavy atom. The number of aromatic nitrogens is 4. The first kappa shape index (κ1) is 21.7. The van der Waals surface area contributed by atoms with Crippen LogP contribution in [0, 0.1) is 0 Å². The maximum absolute atomic E-state index is 13.2. The van der Waals surface area contributed by atoms with Gasteiger partial charge >= 0.3 is 0 Å². The highest BCUT2D eigenvalue weighted by atomic mass is 32.1. The second-order valence-corrected chi connectivity index (χ2v) is 8.70. The molecule has 0 bridgehead atoms. The molecule has 0 spiro atoms. The third-order valence-electron chi connectivity index (χ3n) is 5.33. The van der Waals surface area contributed by atoms with Crippen LogP contribution in [0.2, 0.25) is 0 Å². The van der Waals surface area contributed by atoms with E-state index in [9.17, 15) is 9.59 Å². The van der Waals surface area contributed by atoms with Crippen LogP contribution in [0.4, 0.5) is 0 Å². The number of carbonyl (C=O) groups is 1. The molecule has 0 saturated carbocycles. The summed E-state index contributed by atoms with van der Waals surface area (Å²) in [4.78, 5) is 40.1. The molecule has 34 heavy (non-hydrogen) atoms. The fourth-order valence-electron chi connectivity index (χ4n) is 3.66. The molecule has 8 nitrogen and oxygen atoms in total. The lowest BCUT2D eigenvalue weighted by atomic mass is 10.2. The molecule has 0 radical (unpaired) electrons. The molecule has 1 amide bonds. The molecule has 0 unspecified atom stereocenters. The normalized spacial score (nSPS) is 11.1. The Labute approximate surface area is 198 Å². The number of para-hydroxylation sites is 1. The Bertz CT molecular complexity index is 1460. The standard InChI is InChI=1S/C25H21N5O3S/c31-23(13-12-22-28-24(29-33-22)20-11-6-14-34-20)30(15-17-7-2-1-3-8-17)16-21-26-19-10-5-4-9-18(19)25(32)27-21/h1-11,14H,12-13,15-16H2,(H,26,27,32). The number of H-pyrrole nitrogens is 1. The number of nitrogens with zero attached hydrogens (tertiary/aromatic N) is 4. The van der Waals surface area contributed by atoms with Crippen LogP contribution in [-0.2, 0) is 24.3 Å². The number of benzene rings is 2. The second-order valence-electron chi connectivity index (χ2n) is 7.75. The van der Waals surface area contributed by atoms with Crippen molar-refractivity contribution in [1.29, 1.82) is 0 Å². The molecule has 5 aromatic rings. The SMILES string of the molecule is O=C(CCc1nc(-c2cccs2)no1)N(Cc1ccccc1)Cc1nc2ccccc2c(=O)[nH]1. The number of hydrogen-bond acceptors (Lipinski definition) is 7. The summed E-state index contributed by atoms with van der Waals surface area (Å²) in [5.74, 6) is 1.27. The zero-order valence-corrected chi connectivity index (χ0v) is 19.0. The van der Waals surface area contributed by atoms with Gasteiger partial charge in [0.05, 0.1) is 22.3 Å². The monoisotopic (exact) mass is 471 g/mol. The van der Waals surface area contributed by atoms with Crippen LogP contribution in [0.3, 0.4) is 0 Å². The van der Waals surface area contributed by atoms with Crippen LogP contribution in [0.1, 0.15) is 23.7 Å². The summed E-state index contributed by atoms with van der Waals surface area (Å²) in [6.07, 6.45) is 0.515. The Morgan fingerprint density at radius 1 is 0.971 bits per heavy atom. The predicted molar refractivity (Wildman–Crippen MR) is 129 cm³/mol. The molecule has 0 aliphatic carbocycles. The quantitative estimate of drug-likeness (QED) is 0.364. The van der Waals surface area contributed by atoms with E-state index in [1.54, 1.807) is 23.1 Å². The van der Waals surface area contributed by atoms with Gasteiger partial charge in [0.1, 0.15) is 5.82 Å². The van der Waals surface area contributed by atoms with Crippen molar-refractivity contribution < 1.29 is 9.32 Å². The topological polar surface area (TPSA) is 105 Å². The summed E-state index contributed by atoms with van der Waals surface area (Å²) in [6.45, 7) is 0.568. The number of rotatable bonds is 8. The minimum atomic E-state index is -0.223. The van der Waals surface area contributed by atoms with Crippen LogP contribution < -0.4 is 5.56 Å². The molecule has 0 atom stereocenters. The van der Waals surface area contributed by atoms with E-state index < -0.39 is 0 Å². The van der Waals surface area contributed by atoms with Gasteiger partial charge in [-0.05, 0) is 29.1 Å². The molecule has 3 aromatic heterocycles. The van der Waals surface area contributed by atoms with Crippen molar-refractivity contribution in [3.63, 3.8) is 0 Å². The number of aryl methyl sites for hydroxylation is 1. The second kappa shape index (κ2) is 9.80. The summed E-state index contributed by atoms with van der Waals surface area (Å²) >= 11 is 1.53. The van der Waals surface area contributed by atoms with Crippen molar-refractivity contribution in [2.45, 2.75) is 25.9 Å². The average molecular weight is 472 g/mol. The van der Waals surface area contributed by atoms with Crippen molar-refractivity contribution in [3.05, 3.63) is 99.7 Å². The summed E-state index contributed by atoms with van der Waals surface area (Å²) in [7, 11) is 0. The first-order valence-electron chi connectivity index (χ1n) is 10.8. The van der Waals surface area contributed by atoms with Crippen molar-refractivity contribution in [2.75, 3.05) is 0 Å². The minimum absolute atomic E-state index is 0.101. The van der Waals surface area contributed by atoms with E-state index >= 15 is 0 Å². The zero-order chi connectivity index (χ0) is 23.3. The molecule has 1 N–H and O–H groups in total. The molecule has 2 aromatic carbocycles. The van der Waals surface area contributed by atoms with Crippen molar-refractivity contribution >= 4 is 28.1 Å². The lowest BCUT2D eigenvalue weighted by molar-refractivity contribution is -0.132. The fraction of sp³-hybridized carbons (Fsp3) is 0.160. The number of carbonyl (C=O) groups excluding carboxylic acids is 1. The molecule has 0 aliphatic heterocycles. The van der Waals surface area contributed by atoms with E-state index in [-0.39, 0.29) is 24.4 Å². The van der Waals surface area contributed by atoms with Crippen molar-refractivity contribution in [3.8, 4) is 10.7 Å². The molecule has 0 saturated heterocycles. The Morgan fingerprint density at radius 2 is 1.79 bits per heavy atom. The van der Waals surface area contributed by atoms with Gasteiger partial charge in [-0.1, -0.05) is 53.7 Å². The van der Waals surface area contributed by atoms with Crippen molar-refractivity contribution in [2.24, 2.45) is 0 Å². The van der Waals surface area contributed by atoms with Gasteiger partial charge in [0.2, 0.25) is 17.6 Å². The first-order valence-corrected chi connectivity index (χ1v) is 11.7. The number of aromatic amines is 1. The van der Waals surface area contributed by atoms with Gasteiger partial charge in [0.25, 0.3) is 5.56 Å². The predicted octanol–water partition coefficient (Wildman–Crippen LogP) is 4.20. The third kappa shape index (κ3) is 4.94. The molecule has 0 fully saturated rings. The lowest BCUT2D eigenvalue weighted by Gasteiger charge is -2.22. The summed E-state index contributed by atoms with van der Waals surface area (Å²) in [5, 5.41) is 6.47. The molecule has 9 heteroatoms. The number of amides is 1. The molecule has 5 rings (SSSR count). The van der Waals surface area contributed by atoms with E-state index in [2.05, 4.69) is 20.1 Å². The van der Waals surface area contributed by atoms with Crippen LogP contribution >= 0.6 is 11.3 Å². The summed E-state index contributed by atoms with van der Waals surface area (Å²) in [6, 6.07) is 20.7. The van der Waals surface area contributed by atoms with E-state index in [4.69, 9.17) is 4.52 Å². The number of thiophene rings is 1. The van der Waals surface area contributed by atoms with Crippen LogP contribution in [0.5, 0.6) is 0 Å². The van der Waals surface area contributed by atoms with E-state index in [0.717, 1.165) is 10.4 Å². The number of hydrogen-bond donors (Lipinski definition) is 1.